The third kappa shape index (κ3) is 3.88. The van der Waals surface area contributed by atoms with Crippen molar-refractivity contribution >= 4 is 27.4 Å². The summed E-state index contributed by atoms with van der Waals surface area (Å²) in [6.07, 6.45) is -0.731. The zero-order valence-corrected chi connectivity index (χ0v) is 24.3. The predicted octanol–water partition coefficient (Wildman–Crippen LogP) is 5.02. The molecule has 3 aliphatic rings. The van der Waals surface area contributed by atoms with Crippen LogP contribution in [-0.2, 0) is 26.1 Å². The Kier molecular flexibility index (Phi) is 6.14. The fourth-order valence-electron chi connectivity index (χ4n) is 6.23. The van der Waals surface area contributed by atoms with Gasteiger partial charge in [-0.3, -0.25) is 4.79 Å². The Balaban J connectivity index is 1.67. The summed E-state index contributed by atoms with van der Waals surface area (Å²) < 4.78 is 41.3. The van der Waals surface area contributed by atoms with E-state index in [2.05, 4.69) is 6.07 Å². The molecule has 3 unspecified atom stereocenters. The number of methoxy groups -OCH3 is 1. The summed E-state index contributed by atoms with van der Waals surface area (Å²) in [5.74, 6) is -0.409. The number of anilines is 2. The van der Waals surface area contributed by atoms with E-state index in [4.69, 9.17) is 15.0 Å². The van der Waals surface area contributed by atoms with E-state index < -0.39 is 21.7 Å². The highest BCUT2D eigenvalue weighted by atomic mass is 32.2. The molecule has 0 amide bonds. The molecule has 0 saturated carbocycles. The van der Waals surface area contributed by atoms with Crippen LogP contribution in [0.1, 0.15) is 47.6 Å². The first kappa shape index (κ1) is 26.6. The quantitative estimate of drug-likeness (QED) is 0.406. The van der Waals surface area contributed by atoms with Crippen molar-refractivity contribution in [1.29, 1.82) is 0 Å². The first-order valence-corrected chi connectivity index (χ1v) is 14.7. The maximum atomic E-state index is 14.1. The number of carbonyl (C=O) groups excluding carboxylic acids is 1. The monoisotopic (exact) mass is 561 g/mol. The van der Waals surface area contributed by atoms with Gasteiger partial charge in [0.25, 0.3) is 0 Å². The van der Waals surface area contributed by atoms with E-state index in [1.54, 1.807) is 34.3 Å². The van der Waals surface area contributed by atoms with Gasteiger partial charge in [-0.15, -0.1) is 0 Å². The smallest absolute Gasteiger partial charge is 0.312 e. The summed E-state index contributed by atoms with van der Waals surface area (Å²) in [6, 6.07) is 16.9. The van der Waals surface area contributed by atoms with Crippen LogP contribution in [-0.4, -0.2) is 45.6 Å². The molecular formula is C30H33N4O5S-. The van der Waals surface area contributed by atoms with Crippen molar-refractivity contribution < 1.29 is 22.7 Å². The molecule has 3 aromatic carbocycles. The lowest BCUT2D eigenvalue weighted by atomic mass is 9.69. The number of carbonyl (C=O) groups is 1. The number of benzene rings is 3. The highest BCUT2D eigenvalue weighted by Gasteiger charge is 2.43. The molecule has 0 N–H and O–H groups in total. The second-order valence-electron chi connectivity index (χ2n) is 11.3. The molecule has 3 aliphatic heterocycles. The molecule has 0 saturated heterocycles. The summed E-state index contributed by atoms with van der Waals surface area (Å²) in [6.45, 7) is 7.99. The second kappa shape index (κ2) is 9.22. The molecule has 0 aliphatic carbocycles. The van der Waals surface area contributed by atoms with E-state index in [0.29, 0.717) is 5.75 Å². The Labute approximate surface area is 235 Å². The highest BCUT2D eigenvalue weighted by Crippen LogP contribution is 2.51. The largest absolute Gasteiger partial charge is 0.472 e. The minimum atomic E-state index is -3.90. The average Bonchev–Trinajstić information content (AvgIpc) is 3.21. The number of nitrogens with zero attached hydrogens (tertiary/aromatic N) is 4. The second-order valence-corrected chi connectivity index (χ2v) is 13.2. The number of rotatable bonds is 2. The Bertz CT molecular complexity index is 1640. The van der Waals surface area contributed by atoms with E-state index in [1.807, 2.05) is 59.0 Å². The van der Waals surface area contributed by atoms with Gasteiger partial charge in [-0.25, -0.2) is 8.42 Å². The van der Waals surface area contributed by atoms with Gasteiger partial charge in [0.05, 0.1) is 19.1 Å². The van der Waals surface area contributed by atoms with E-state index in [0.717, 1.165) is 39.2 Å². The van der Waals surface area contributed by atoms with Gasteiger partial charge in [-0.1, -0.05) is 36.4 Å². The first-order chi connectivity index (χ1) is 18.9. The molecule has 0 radical (unpaired) electrons. The van der Waals surface area contributed by atoms with Crippen LogP contribution in [0.3, 0.4) is 0 Å². The summed E-state index contributed by atoms with van der Waals surface area (Å²) in [7, 11) is -0.638. The molecule has 9 nitrogen and oxygen atoms in total. The van der Waals surface area contributed by atoms with Gasteiger partial charge in [0, 0.05) is 23.8 Å². The predicted molar refractivity (Wildman–Crippen MR) is 153 cm³/mol. The van der Waals surface area contributed by atoms with Crippen molar-refractivity contribution in [1.82, 2.24) is 4.31 Å². The van der Waals surface area contributed by atoms with Gasteiger partial charge >= 0.3 is 5.97 Å². The maximum Gasteiger partial charge on any atom is 0.312 e. The van der Waals surface area contributed by atoms with Crippen molar-refractivity contribution in [2.45, 2.75) is 51.3 Å². The van der Waals surface area contributed by atoms with Crippen LogP contribution in [0.5, 0.6) is 5.75 Å². The Hall–Kier alpha value is -3.60. The van der Waals surface area contributed by atoms with Gasteiger partial charge in [0.15, 0.2) is 6.23 Å². The van der Waals surface area contributed by atoms with Gasteiger partial charge in [0.2, 0.25) is 10.0 Å². The van der Waals surface area contributed by atoms with Gasteiger partial charge < -0.3 is 25.0 Å². The SMILES string of the molecule is COC(=O)C(C)(C)C1c2ccc(C)c(c2)CN2CC(Oc3ccccc3S2(=O)=O)N2[N-]N(C)c3ccc1c(C)c32. The first-order valence-electron chi connectivity index (χ1n) is 13.3. The molecule has 6 rings (SSSR count). The molecule has 40 heavy (non-hydrogen) atoms. The third-order valence-corrected chi connectivity index (χ3v) is 10.3. The Morgan fingerprint density at radius 2 is 1.85 bits per heavy atom. The van der Waals surface area contributed by atoms with Gasteiger partial charge in [0.1, 0.15) is 10.6 Å². The minimum Gasteiger partial charge on any atom is -0.472 e. The van der Waals surface area contributed by atoms with Crippen molar-refractivity contribution in [2.75, 3.05) is 30.7 Å². The molecule has 3 aromatic rings. The molecule has 210 valence electrons. The van der Waals surface area contributed by atoms with Crippen LogP contribution in [0.4, 0.5) is 11.4 Å². The third-order valence-electron chi connectivity index (χ3n) is 8.42. The molecule has 6 bridgehead atoms. The number of hydrogen-bond donors (Lipinski definition) is 0. The molecule has 10 heteroatoms. The number of ether oxygens (including phenoxy) is 2. The minimum absolute atomic E-state index is 0.0677. The zero-order valence-electron chi connectivity index (χ0n) is 23.5. The lowest BCUT2D eigenvalue weighted by molar-refractivity contribution is -0.151. The summed E-state index contributed by atoms with van der Waals surface area (Å²) in [5, 5.41) is 3.55. The van der Waals surface area contributed by atoms with Crippen LogP contribution < -0.4 is 14.8 Å². The standard InChI is InChI=1S/C30H33N4O5S/c1-18-11-12-20-15-21(18)16-33-17-26(39-24-9-7-8-10-25(24)40(33,36)37)34-28-19(2)22(13-14-23(28)32(5)31-34)27(20)30(3,4)29(35)38-6/h7-15,26-27H,16-17H2,1-6H3/q-1. The molecule has 3 heterocycles. The Morgan fingerprint density at radius 3 is 2.60 bits per heavy atom. The molecule has 0 aromatic heterocycles. The fraction of sp³-hybridized carbons (Fsp3) is 0.367. The van der Waals surface area contributed by atoms with Gasteiger partial charge in [-0.05, 0) is 80.8 Å². The van der Waals surface area contributed by atoms with E-state index in [-0.39, 0.29) is 29.9 Å². The lowest BCUT2D eigenvalue weighted by Gasteiger charge is -2.43. The number of para-hydroxylation sites is 1. The van der Waals surface area contributed by atoms with E-state index in [9.17, 15) is 13.2 Å². The van der Waals surface area contributed by atoms with Crippen LogP contribution in [0.25, 0.3) is 5.53 Å². The normalized spacial score (nSPS) is 22.8. The number of aryl methyl sites for hydroxylation is 1. The van der Waals surface area contributed by atoms with Crippen molar-refractivity contribution in [2.24, 2.45) is 5.41 Å². The molecule has 0 fully saturated rings. The van der Waals surface area contributed by atoms with E-state index >= 15 is 0 Å². The lowest BCUT2D eigenvalue weighted by Crippen LogP contribution is -2.45. The van der Waals surface area contributed by atoms with Crippen LogP contribution in [0.15, 0.2) is 59.5 Å². The van der Waals surface area contributed by atoms with Crippen LogP contribution in [0.2, 0.25) is 0 Å². The Morgan fingerprint density at radius 1 is 1.10 bits per heavy atom. The van der Waals surface area contributed by atoms with Crippen LogP contribution >= 0.6 is 0 Å². The van der Waals surface area contributed by atoms with Crippen molar-refractivity contribution in [3.63, 3.8) is 0 Å². The van der Waals surface area contributed by atoms with Gasteiger partial charge in [-0.2, -0.15) is 4.31 Å². The number of fused-ring (bicyclic) bond motifs is 7. The summed E-state index contributed by atoms with van der Waals surface area (Å²) in [4.78, 5) is 13.3. The zero-order chi connectivity index (χ0) is 28.6. The molecule has 0 spiro atoms. The molecular weight excluding hydrogens is 528 g/mol. The fourth-order valence-corrected chi connectivity index (χ4v) is 7.77. The van der Waals surface area contributed by atoms with Crippen LogP contribution in [0, 0.1) is 19.3 Å². The topological polar surface area (TPSA) is 93.5 Å². The average molecular weight is 562 g/mol. The number of sulfonamides is 1. The number of esters is 1. The maximum absolute atomic E-state index is 14.1. The summed E-state index contributed by atoms with van der Waals surface area (Å²) in [5.41, 5.74) is 10.2. The summed E-state index contributed by atoms with van der Waals surface area (Å²) >= 11 is 0. The van der Waals surface area contributed by atoms with Crippen molar-refractivity contribution in [3.8, 4) is 5.75 Å². The molecule has 3 atom stereocenters. The number of hydrogen-bond acceptors (Lipinski definition) is 7. The van der Waals surface area contributed by atoms with Crippen molar-refractivity contribution in [3.05, 3.63) is 87.9 Å². The highest BCUT2D eigenvalue weighted by molar-refractivity contribution is 7.89. The van der Waals surface area contributed by atoms with E-state index in [1.165, 1.54) is 11.4 Å².